The number of fused-ring (bicyclic) bond motifs is 1. The van der Waals surface area contributed by atoms with E-state index in [0.29, 0.717) is 6.02 Å². The Morgan fingerprint density at radius 1 is 1.55 bits per heavy atom. The number of rotatable bonds is 0. The van der Waals surface area contributed by atoms with Crippen LogP contribution in [-0.4, -0.2) is 12.1 Å². The molecule has 60 valence electrons. The van der Waals surface area contributed by atoms with Gasteiger partial charge in [-0.3, -0.25) is 0 Å². The first-order chi connectivity index (χ1) is 5.36. The summed E-state index contributed by atoms with van der Waals surface area (Å²) in [7, 11) is 0. The number of ether oxygens (including phenoxy) is 1. The van der Waals surface area contributed by atoms with Crippen molar-refractivity contribution in [3.05, 3.63) is 11.8 Å². The fourth-order valence-corrected chi connectivity index (χ4v) is 1.54. The minimum atomic E-state index is 0.234. The van der Waals surface area contributed by atoms with Gasteiger partial charge in [0.25, 0.3) is 6.02 Å². The Kier molecular flexibility index (Phi) is 1.56. The molecular formula is C8H12N2O. The molecule has 1 aliphatic heterocycles. The molecule has 1 atom stereocenters. The summed E-state index contributed by atoms with van der Waals surface area (Å²) in [5.41, 5.74) is 5.43. The monoisotopic (exact) mass is 152 g/mol. The van der Waals surface area contributed by atoms with Gasteiger partial charge in [-0.1, -0.05) is 6.42 Å². The van der Waals surface area contributed by atoms with Gasteiger partial charge in [-0.15, -0.1) is 0 Å². The second-order valence-corrected chi connectivity index (χ2v) is 2.98. The molecule has 3 nitrogen and oxygen atoms in total. The molecular weight excluding hydrogens is 140 g/mol. The quantitative estimate of drug-likeness (QED) is 0.566. The highest BCUT2D eigenvalue weighted by Crippen LogP contribution is 2.25. The lowest BCUT2D eigenvalue weighted by Crippen LogP contribution is -2.09. The lowest BCUT2D eigenvalue weighted by atomic mass is 10.1. The van der Waals surface area contributed by atoms with Crippen LogP contribution in [0, 0.1) is 0 Å². The maximum Gasteiger partial charge on any atom is 0.287 e. The van der Waals surface area contributed by atoms with Gasteiger partial charge in [-0.25, -0.2) is 4.99 Å². The number of aliphatic imine (C=N–C) groups is 1. The van der Waals surface area contributed by atoms with Gasteiger partial charge in [0.2, 0.25) is 0 Å². The maximum atomic E-state index is 5.43. The van der Waals surface area contributed by atoms with Gasteiger partial charge in [0.1, 0.15) is 11.8 Å². The van der Waals surface area contributed by atoms with E-state index in [9.17, 15) is 0 Å². The zero-order valence-electron chi connectivity index (χ0n) is 6.42. The van der Waals surface area contributed by atoms with Crippen molar-refractivity contribution in [2.24, 2.45) is 10.7 Å². The number of nitrogens with two attached hydrogens (primary N) is 1. The van der Waals surface area contributed by atoms with Crippen LogP contribution in [0.15, 0.2) is 16.8 Å². The molecule has 3 heteroatoms. The Morgan fingerprint density at radius 3 is 3.36 bits per heavy atom. The van der Waals surface area contributed by atoms with Crippen LogP contribution in [0.1, 0.15) is 25.7 Å². The molecule has 1 aliphatic carbocycles. The Labute approximate surface area is 65.9 Å². The summed E-state index contributed by atoms with van der Waals surface area (Å²) >= 11 is 0. The molecule has 0 bridgehead atoms. The van der Waals surface area contributed by atoms with Crippen LogP contribution in [0.3, 0.4) is 0 Å². The van der Waals surface area contributed by atoms with Crippen LogP contribution in [0.4, 0.5) is 0 Å². The number of allylic oxidation sites excluding steroid dienone is 1. The normalized spacial score (nSPS) is 29.6. The molecule has 0 aromatic carbocycles. The van der Waals surface area contributed by atoms with Crippen LogP contribution in [0.25, 0.3) is 0 Å². The predicted octanol–water partition coefficient (Wildman–Crippen LogP) is 1.16. The fraction of sp³-hybridized carbons (Fsp3) is 0.625. The first kappa shape index (κ1) is 6.70. The van der Waals surface area contributed by atoms with E-state index in [2.05, 4.69) is 11.1 Å². The zero-order valence-corrected chi connectivity index (χ0v) is 6.42. The number of amidine groups is 1. The van der Waals surface area contributed by atoms with Gasteiger partial charge in [0.05, 0.1) is 0 Å². The van der Waals surface area contributed by atoms with Crippen LogP contribution in [0.5, 0.6) is 0 Å². The summed E-state index contributed by atoms with van der Waals surface area (Å²) in [4.78, 5) is 4.17. The lowest BCUT2D eigenvalue weighted by molar-refractivity contribution is 0.405. The van der Waals surface area contributed by atoms with E-state index in [1.165, 1.54) is 12.8 Å². The standard InChI is InChI=1S/C8H12N2O/c9-8-10-6-4-2-1-3-5-7(6)11-8/h5-6H,1-4H2,(H2,9,10). The highest BCUT2D eigenvalue weighted by atomic mass is 16.5. The molecule has 0 aromatic heterocycles. The molecule has 0 amide bonds. The molecule has 0 spiro atoms. The van der Waals surface area contributed by atoms with Gasteiger partial charge in [0.15, 0.2) is 0 Å². The van der Waals surface area contributed by atoms with Crippen LogP contribution >= 0.6 is 0 Å². The second kappa shape index (κ2) is 2.57. The zero-order chi connectivity index (χ0) is 7.68. The molecule has 2 N–H and O–H groups in total. The molecule has 1 heterocycles. The largest absolute Gasteiger partial charge is 0.429 e. The topological polar surface area (TPSA) is 47.6 Å². The minimum Gasteiger partial charge on any atom is -0.429 e. The van der Waals surface area contributed by atoms with E-state index in [1.807, 2.05) is 0 Å². The van der Waals surface area contributed by atoms with E-state index in [-0.39, 0.29) is 6.04 Å². The summed E-state index contributed by atoms with van der Waals surface area (Å²) in [5, 5.41) is 0. The van der Waals surface area contributed by atoms with Crippen molar-refractivity contribution >= 4 is 6.02 Å². The Balaban J connectivity index is 2.17. The molecule has 0 aromatic rings. The van der Waals surface area contributed by atoms with Gasteiger partial charge in [-0.2, -0.15) is 0 Å². The third-order valence-corrected chi connectivity index (χ3v) is 2.11. The fourth-order valence-electron chi connectivity index (χ4n) is 1.54. The predicted molar refractivity (Wildman–Crippen MR) is 43.0 cm³/mol. The van der Waals surface area contributed by atoms with E-state index >= 15 is 0 Å². The van der Waals surface area contributed by atoms with E-state index < -0.39 is 0 Å². The average molecular weight is 152 g/mol. The summed E-state index contributed by atoms with van der Waals surface area (Å²) < 4.78 is 5.23. The Hall–Kier alpha value is -0.990. The number of nitrogens with zero attached hydrogens (tertiary/aromatic N) is 1. The summed E-state index contributed by atoms with van der Waals surface area (Å²) in [6.07, 6.45) is 6.78. The summed E-state index contributed by atoms with van der Waals surface area (Å²) in [5.74, 6) is 0.972. The number of hydrogen-bond donors (Lipinski definition) is 1. The Morgan fingerprint density at radius 2 is 2.45 bits per heavy atom. The molecule has 0 saturated carbocycles. The average Bonchev–Trinajstić information content (AvgIpc) is 2.17. The molecule has 2 rings (SSSR count). The smallest absolute Gasteiger partial charge is 0.287 e. The second-order valence-electron chi connectivity index (χ2n) is 2.98. The molecule has 2 aliphatic rings. The van der Waals surface area contributed by atoms with Crippen LogP contribution in [0.2, 0.25) is 0 Å². The molecule has 1 unspecified atom stereocenters. The molecule has 11 heavy (non-hydrogen) atoms. The first-order valence-electron chi connectivity index (χ1n) is 4.07. The van der Waals surface area contributed by atoms with Gasteiger partial charge < -0.3 is 10.5 Å². The number of hydrogen-bond acceptors (Lipinski definition) is 3. The van der Waals surface area contributed by atoms with Gasteiger partial charge in [0, 0.05) is 0 Å². The van der Waals surface area contributed by atoms with Crippen molar-refractivity contribution in [1.29, 1.82) is 0 Å². The first-order valence-corrected chi connectivity index (χ1v) is 4.07. The third kappa shape index (κ3) is 1.23. The minimum absolute atomic E-state index is 0.234. The van der Waals surface area contributed by atoms with Gasteiger partial charge in [-0.05, 0) is 25.3 Å². The molecule has 0 radical (unpaired) electrons. The van der Waals surface area contributed by atoms with Gasteiger partial charge >= 0.3 is 0 Å². The highest BCUT2D eigenvalue weighted by Gasteiger charge is 2.24. The van der Waals surface area contributed by atoms with E-state index in [4.69, 9.17) is 10.5 Å². The van der Waals surface area contributed by atoms with Crippen molar-refractivity contribution in [3.63, 3.8) is 0 Å². The van der Waals surface area contributed by atoms with Crippen molar-refractivity contribution in [1.82, 2.24) is 0 Å². The molecule has 0 saturated heterocycles. The van der Waals surface area contributed by atoms with Crippen molar-refractivity contribution in [3.8, 4) is 0 Å². The van der Waals surface area contributed by atoms with Crippen molar-refractivity contribution in [2.45, 2.75) is 31.7 Å². The lowest BCUT2D eigenvalue weighted by Gasteiger charge is -2.02. The van der Waals surface area contributed by atoms with E-state index in [0.717, 1.165) is 18.6 Å². The van der Waals surface area contributed by atoms with Crippen LogP contribution < -0.4 is 5.73 Å². The third-order valence-electron chi connectivity index (χ3n) is 2.11. The highest BCUT2D eigenvalue weighted by molar-refractivity contribution is 5.75. The van der Waals surface area contributed by atoms with Crippen molar-refractivity contribution in [2.75, 3.05) is 0 Å². The van der Waals surface area contributed by atoms with E-state index in [1.54, 1.807) is 0 Å². The molecule has 0 fully saturated rings. The summed E-state index contributed by atoms with van der Waals surface area (Å²) in [6, 6.07) is 0.570. The Bertz CT molecular complexity index is 220. The van der Waals surface area contributed by atoms with Crippen molar-refractivity contribution < 1.29 is 4.74 Å². The van der Waals surface area contributed by atoms with Crippen LogP contribution in [-0.2, 0) is 4.74 Å². The SMILES string of the molecule is NC1=NC2CCCCC=C2O1. The maximum absolute atomic E-state index is 5.43. The summed E-state index contributed by atoms with van der Waals surface area (Å²) in [6.45, 7) is 0.